The van der Waals surface area contributed by atoms with Crippen LogP contribution in [0.5, 0.6) is 0 Å². The number of piperidine rings is 1. The highest BCUT2D eigenvalue weighted by Crippen LogP contribution is 2.30. The van der Waals surface area contributed by atoms with Crippen LogP contribution in [0.3, 0.4) is 0 Å². The maximum atomic E-state index is 11.4. The fourth-order valence-electron chi connectivity index (χ4n) is 1.82. The molecule has 14 heavy (non-hydrogen) atoms. The van der Waals surface area contributed by atoms with Gasteiger partial charge in [-0.3, -0.25) is 4.79 Å². The van der Waals surface area contributed by atoms with Crippen molar-refractivity contribution in [1.29, 1.82) is 0 Å². The Bertz CT molecular complexity index is 192. The number of likely N-dealkylation sites (tertiary alicyclic amines) is 1. The number of hydrogen-bond acceptors (Lipinski definition) is 3. The molecule has 0 aliphatic carbocycles. The third-order valence-corrected chi connectivity index (χ3v) is 3.15. The van der Waals surface area contributed by atoms with E-state index < -0.39 is 0 Å². The molecule has 1 rings (SSSR count). The monoisotopic (exact) mass is 201 g/mol. The van der Waals surface area contributed by atoms with E-state index in [1.807, 2.05) is 11.8 Å². The Balaban J connectivity index is 2.48. The van der Waals surface area contributed by atoms with Crippen molar-refractivity contribution in [3.8, 4) is 0 Å². The van der Waals surface area contributed by atoms with Crippen molar-refractivity contribution in [2.75, 3.05) is 26.3 Å². The third-order valence-electron chi connectivity index (χ3n) is 3.15. The summed E-state index contributed by atoms with van der Waals surface area (Å²) >= 11 is 0. The van der Waals surface area contributed by atoms with Crippen LogP contribution >= 0.6 is 0 Å². The summed E-state index contributed by atoms with van der Waals surface area (Å²) in [7, 11) is 0. The minimum absolute atomic E-state index is 0.0116. The lowest BCUT2D eigenvalue weighted by Crippen LogP contribution is -2.46. The number of carbonyl (C=O) groups excluding carboxylic acids is 1. The van der Waals surface area contributed by atoms with E-state index in [9.17, 15) is 4.79 Å². The Kier molecular flexibility index (Phi) is 3.89. The Labute approximate surface area is 84.5 Å². The molecular formula is C10H19NO3. The van der Waals surface area contributed by atoms with Crippen LogP contribution in [0.2, 0.25) is 0 Å². The molecule has 4 nitrogen and oxygen atoms in total. The van der Waals surface area contributed by atoms with Gasteiger partial charge in [0, 0.05) is 24.9 Å². The van der Waals surface area contributed by atoms with E-state index in [1.54, 1.807) is 0 Å². The van der Waals surface area contributed by atoms with Gasteiger partial charge in [0.25, 0.3) is 0 Å². The van der Waals surface area contributed by atoms with E-state index >= 15 is 0 Å². The summed E-state index contributed by atoms with van der Waals surface area (Å²) < 4.78 is 0. The van der Waals surface area contributed by atoms with Crippen LogP contribution < -0.4 is 0 Å². The second-order valence-corrected chi connectivity index (χ2v) is 4.05. The molecule has 4 heteroatoms. The highest BCUT2D eigenvalue weighted by molar-refractivity contribution is 5.75. The van der Waals surface area contributed by atoms with Gasteiger partial charge in [-0.05, 0) is 12.8 Å². The molecule has 1 saturated heterocycles. The predicted octanol–water partition coefficient (Wildman–Crippen LogP) is -0.0102. The largest absolute Gasteiger partial charge is 0.396 e. The van der Waals surface area contributed by atoms with E-state index in [1.165, 1.54) is 0 Å². The summed E-state index contributed by atoms with van der Waals surface area (Å²) in [4.78, 5) is 13.2. The first kappa shape index (κ1) is 11.5. The van der Waals surface area contributed by atoms with Gasteiger partial charge < -0.3 is 15.1 Å². The molecule has 1 aliphatic rings. The quantitative estimate of drug-likeness (QED) is 0.675. The van der Waals surface area contributed by atoms with Gasteiger partial charge in [-0.15, -0.1) is 0 Å². The van der Waals surface area contributed by atoms with Crippen molar-refractivity contribution >= 4 is 5.91 Å². The lowest BCUT2D eigenvalue weighted by molar-refractivity contribution is -0.134. The molecule has 1 amide bonds. The van der Waals surface area contributed by atoms with Crippen LogP contribution in [-0.4, -0.2) is 47.3 Å². The van der Waals surface area contributed by atoms with Gasteiger partial charge in [0.2, 0.25) is 5.91 Å². The van der Waals surface area contributed by atoms with Gasteiger partial charge in [-0.25, -0.2) is 0 Å². The zero-order chi connectivity index (χ0) is 10.6. The smallest absolute Gasteiger partial charge is 0.222 e. The molecule has 0 unspecified atom stereocenters. The van der Waals surface area contributed by atoms with E-state index in [0.29, 0.717) is 32.4 Å². The summed E-state index contributed by atoms with van der Waals surface area (Å²) in [5, 5.41) is 18.3. The minimum atomic E-state index is -0.357. The first-order valence-corrected chi connectivity index (χ1v) is 5.17. The topological polar surface area (TPSA) is 60.8 Å². The molecule has 1 fully saturated rings. The number of aliphatic hydroxyl groups excluding tert-OH is 2. The molecule has 0 bridgehead atoms. The maximum Gasteiger partial charge on any atom is 0.222 e. The number of nitrogens with zero attached hydrogens (tertiary/aromatic N) is 1. The van der Waals surface area contributed by atoms with Gasteiger partial charge in [-0.1, -0.05) is 6.92 Å². The maximum absolute atomic E-state index is 11.4. The Morgan fingerprint density at radius 1 is 1.29 bits per heavy atom. The summed E-state index contributed by atoms with van der Waals surface area (Å²) in [5.74, 6) is 0.162. The minimum Gasteiger partial charge on any atom is -0.396 e. The summed E-state index contributed by atoms with van der Waals surface area (Å²) in [5.41, 5.74) is -0.357. The first-order valence-electron chi connectivity index (χ1n) is 5.17. The van der Waals surface area contributed by atoms with Crippen molar-refractivity contribution in [1.82, 2.24) is 4.90 Å². The number of aliphatic hydroxyl groups is 2. The van der Waals surface area contributed by atoms with Crippen molar-refractivity contribution in [3.05, 3.63) is 0 Å². The van der Waals surface area contributed by atoms with Crippen molar-refractivity contribution in [2.24, 2.45) is 5.41 Å². The number of rotatable bonds is 3. The van der Waals surface area contributed by atoms with Gasteiger partial charge in [0.05, 0.1) is 13.2 Å². The molecular weight excluding hydrogens is 182 g/mol. The molecule has 0 atom stereocenters. The highest BCUT2D eigenvalue weighted by Gasteiger charge is 2.34. The van der Waals surface area contributed by atoms with Gasteiger partial charge in [0.15, 0.2) is 0 Å². The summed E-state index contributed by atoms with van der Waals surface area (Å²) in [6.45, 7) is 3.19. The highest BCUT2D eigenvalue weighted by atomic mass is 16.3. The molecule has 0 saturated carbocycles. The average molecular weight is 201 g/mol. The molecule has 1 aliphatic heterocycles. The van der Waals surface area contributed by atoms with E-state index in [2.05, 4.69) is 0 Å². The summed E-state index contributed by atoms with van der Waals surface area (Å²) in [6.07, 6.45) is 1.93. The Morgan fingerprint density at radius 2 is 1.79 bits per heavy atom. The van der Waals surface area contributed by atoms with Crippen LogP contribution in [0.1, 0.15) is 26.2 Å². The first-order chi connectivity index (χ1) is 6.67. The Hall–Kier alpha value is -0.610. The molecule has 82 valence electrons. The van der Waals surface area contributed by atoms with Gasteiger partial charge in [0.1, 0.15) is 0 Å². The second kappa shape index (κ2) is 4.75. The van der Waals surface area contributed by atoms with Gasteiger partial charge >= 0.3 is 0 Å². The normalized spacial score (nSPS) is 20.9. The SMILES string of the molecule is CCC(=O)N1CCC(CO)(CO)CC1. The van der Waals surface area contributed by atoms with Crippen LogP contribution in [0.15, 0.2) is 0 Å². The van der Waals surface area contributed by atoms with Gasteiger partial charge in [-0.2, -0.15) is 0 Å². The number of hydrogen-bond donors (Lipinski definition) is 2. The van der Waals surface area contributed by atoms with Crippen molar-refractivity contribution < 1.29 is 15.0 Å². The van der Waals surface area contributed by atoms with E-state index in [4.69, 9.17) is 10.2 Å². The average Bonchev–Trinajstić information content (AvgIpc) is 2.28. The van der Waals surface area contributed by atoms with Crippen LogP contribution in [0, 0.1) is 5.41 Å². The standard InChI is InChI=1S/C10H19NO3/c1-2-9(14)11-5-3-10(7-12,8-13)4-6-11/h12-13H,2-8H2,1H3. The zero-order valence-electron chi connectivity index (χ0n) is 8.70. The molecule has 0 aromatic heterocycles. The molecule has 0 spiro atoms. The van der Waals surface area contributed by atoms with Crippen LogP contribution in [-0.2, 0) is 4.79 Å². The zero-order valence-corrected chi connectivity index (χ0v) is 8.70. The third kappa shape index (κ3) is 2.25. The molecule has 0 radical (unpaired) electrons. The van der Waals surface area contributed by atoms with Crippen LogP contribution in [0.25, 0.3) is 0 Å². The van der Waals surface area contributed by atoms with Crippen molar-refractivity contribution in [2.45, 2.75) is 26.2 Å². The lowest BCUT2D eigenvalue weighted by Gasteiger charge is -2.39. The second-order valence-electron chi connectivity index (χ2n) is 4.05. The number of amides is 1. The fraction of sp³-hybridized carbons (Fsp3) is 0.900. The van der Waals surface area contributed by atoms with Crippen LogP contribution in [0.4, 0.5) is 0 Å². The van der Waals surface area contributed by atoms with E-state index in [0.717, 1.165) is 0 Å². The molecule has 0 aromatic rings. The fourth-order valence-corrected chi connectivity index (χ4v) is 1.82. The predicted molar refractivity (Wildman–Crippen MR) is 52.7 cm³/mol. The van der Waals surface area contributed by atoms with Crippen molar-refractivity contribution in [3.63, 3.8) is 0 Å². The number of carbonyl (C=O) groups is 1. The molecule has 2 N–H and O–H groups in total. The molecule has 0 aromatic carbocycles. The Morgan fingerprint density at radius 3 is 2.14 bits per heavy atom. The summed E-state index contributed by atoms with van der Waals surface area (Å²) in [6, 6.07) is 0. The lowest BCUT2D eigenvalue weighted by atomic mass is 9.80. The van der Waals surface area contributed by atoms with E-state index in [-0.39, 0.29) is 24.5 Å². The molecule has 1 heterocycles.